The molecule has 2 aromatic heterocycles. The monoisotopic (exact) mass is 200 g/mol. The number of nitrogens with zero attached hydrogens (tertiary/aromatic N) is 2. The molecule has 0 atom stereocenters. The first-order chi connectivity index (χ1) is 6.75. The van der Waals surface area contributed by atoms with Crippen molar-refractivity contribution in [1.29, 1.82) is 0 Å². The summed E-state index contributed by atoms with van der Waals surface area (Å²) < 4.78 is 0. The molecule has 0 N–H and O–H groups in total. The zero-order valence-corrected chi connectivity index (χ0v) is 8.36. The minimum Gasteiger partial charge on any atom is -0.264 e. The summed E-state index contributed by atoms with van der Waals surface area (Å²) in [5.74, 6) is 0. The Balaban J connectivity index is 0.00000112. The van der Waals surface area contributed by atoms with Crippen molar-refractivity contribution in [2.45, 2.75) is 21.3 Å². The molecular weight excluding hydrogens is 184 g/mol. The second-order valence-corrected chi connectivity index (χ2v) is 3.42. The second-order valence-electron chi connectivity index (χ2n) is 3.42. The van der Waals surface area contributed by atoms with Crippen molar-refractivity contribution < 1.29 is 0 Å². The van der Waals surface area contributed by atoms with Crippen LogP contribution in [0.3, 0.4) is 0 Å². The van der Waals surface area contributed by atoms with Gasteiger partial charge in [-0.05, 0) is 37.6 Å². The van der Waals surface area contributed by atoms with Gasteiger partial charge in [-0.15, -0.1) is 0 Å². The first-order valence-electron chi connectivity index (χ1n) is 4.61. The maximum Gasteiger partial charge on any atom is 0.0720 e. The summed E-state index contributed by atoms with van der Waals surface area (Å²) >= 11 is 0. The van der Waals surface area contributed by atoms with Crippen molar-refractivity contribution in [3.63, 3.8) is 0 Å². The minimum absolute atomic E-state index is 0. The molecule has 0 spiro atoms. The Morgan fingerprint density at radius 3 is 2.53 bits per heavy atom. The van der Waals surface area contributed by atoms with Crippen molar-refractivity contribution in [2.75, 3.05) is 0 Å². The van der Waals surface area contributed by atoms with Gasteiger partial charge in [0.1, 0.15) is 0 Å². The molecule has 0 bridgehead atoms. The van der Waals surface area contributed by atoms with Crippen molar-refractivity contribution in [1.82, 2.24) is 9.97 Å². The summed E-state index contributed by atoms with van der Waals surface area (Å²) in [7, 11) is 0. The summed E-state index contributed by atoms with van der Waals surface area (Å²) in [5, 5.41) is 0. The number of hydrogen-bond acceptors (Lipinski definition) is 2. The van der Waals surface area contributed by atoms with Crippen LogP contribution in [0.15, 0.2) is 36.7 Å². The van der Waals surface area contributed by atoms with Crippen molar-refractivity contribution >= 4 is 0 Å². The largest absolute Gasteiger partial charge is 0.264 e. The van der Waals surface area contributed by atoms with E-state index in [4.69, 9.17) is 0 Å². The van der Waals surface area contributed by atoms with Crippen LogP contribution in [0.5, 0.6) is 0 Å². The van der Waals surface area contributed by atoms with E-state index >= 15 is 0 Å². The fourth-order valence-electron chi connectivity index (χ4n) is 1.40. The van der Waals surface area contributed by atoms with E-state index in [0.717, 1.165) is 22.5 Å². The van der Waals surface area contributed by atoms with Gasteiger partial charge in [-0.2, -0.15) is 0 Å². The lowest BCUT2D eigenvalue weighted by Crippen LogP contribution is -1.87. The zero-order valence-electron chi connectivity index (χ0n) is 8.36. The molecule has 2 heterocycles. The van der Waals surface area contributed by atoms with Gasteiger partial charge in [0.15, 0.2) is 0 Å². The number of aryl methyl sites for hydroxylation is 2. The molecule has 78 valence electrons. The van der Waals surface area contributed by atoms with Gasteiger partial charge in [0.2, 0.25) is 0 Å². The average molecular weight is 200 g/mol. The van der Waals surface area contributed by atoms with Crippen molar-refractivity contribution in [2.24, 2.45) is 0 Å². The molecule has 0 aliphatic heterocycles. The van der Waals surface area contributed by atoms with E-state index in [2.05, 4.69) is 16.0 Å². The fourth-order valence-corrected chi connectivity index (χ4v) is 1.40. The number of rotatable bonds is 1. The molecule has 2 rings (SSSR count). The van der Waals surface area contributed by atoms with Crippen LogP contribution in [-0.2, 0) is 0 Å². The third kappa shape index (κ3) is 2.62. The van der Waals surface area contributed by atoms with E-state index in [-0.39, 0.29) is 7.43 Å². The van der Waals surface area contributed by atoms with Crippen LogP contribution in [-0.4, -0.2) is 9.97 Å². The third-order valence-corrected chi connectivity index (χ3v) is 2.06. The smallest absolute Gasteiger partial charge is 0.0720 e. The molecule has 15 heavy (non-hydrogen) atoms. The Labute approximate surface area is 91.0 Å². The highest BCUT2D eigenvalue weighted by Crippen LogP contribution is 2.16. The van der Waals surface area contributed by atoms with Gasteiger partial charge < -0.3 is 0 Å². The van der Waals surface area contributed by atoms with Crippen LogP contribution >= 0.6 is 0 Å². The van der Waals surface area contributed by atoms with E-state index < -0.39 is 0 Å². The molecule has 0 saturated carbocycles. The van der Waals surface area contributed by atoms with Gasteiger partial charge in [0.05, 0.1) is 5.69 Å². The first-order valence-corrected chi connectivity index (χ1v) is 4.61. The van der Waals surface area contributed by atoms with Gasteiger partial charge in [-0.25, -0.2) is 0 Å². The van der Waals surface area contributed by atoms with Gasteiger partial charge in [-0.1, -0.05) is 13.5 Å². The normalized spacial score (nSPS) is 9.47. The second kappa shape index (κ2) is 4.69. The highest BCUT2D eigenvalue weighted by atomic mass is 14.7. The number of aromatic nitrogens is 2. The fraction of sp³-hybridized carbons (Fsp3) is 0.231. The summed E-state index contributed by atoms with van der Waals surface area (Å²) in [6.45, 7) is 4.03. The van der Waals surface area contributed by atoms with Gasteiger partial charge in [-0.3, -0.25) is 9.97 Å². The van der Waals surface area contributed by atoms with Gasteiger partial charge >= 0.3 is 0 Å². The van der Waals surface area contributed by atoms with Gasteiger partial charge in [0, 0.05) is 23.7 Å². The lowest BCUT2D eigenvalue weighted by atomic mass is 10.1. The predicted molar refractivity (Wildman–Crippen MR) is 63.7 cm³/mol. The molecule has 0 radical (unpaired) electrons. The molecule has 2 heteroatoms. The maximum absolute atomic E-state index is 4.44. The van der Waals surface area contributed by atoms with Crippen molar-refractivity contribution in [3.05, 3.63) is 47.9 Å². The molecule has 0 aliphatic rings. The average Bonchev–Trinajstić information content (AvgIpc) is 2.18. The highest BCUT2D eigenvalue weighted by molar-refractivity contribution is 5.58. The molecule has 0 unspecified atom stereocenters. The van der Waals surface area contributed by atoms with E-state index in [1.165, 1.54) is 0 Å². The zero-order chi connectivity index (χ0) is 9.97. The van der Waals surface area contributed by atoms with E-state index in [1.807, 2.05) is 44.4 Å². The minimum atomic E-state index is 0. The first kappa shape index (κ1) is 11.4. The Bertz CT molecular complexity index is 406. The Morgan fingerprint density at radius 2 is 1.87 bits per heavy atom. The standard InChI is InChI=1S/C12H12N2.CH4/c1-9-6-11(8-13-7-9)12-5-3-4-10(2)14-12;/h3-8H,1-2H3;1H4. The lowest BCUT2D eigenvalue weighted by molar-refractivity contribution is 1.19. The molecule has 2 nitrogen and oxygen atoms in total. The number of hydrogen-bond donors (Lipinski definition) is 0. The molecule has 0 aliphatic carbocycles. The van der Waals surface area contributed by atoms with Crippen LogP contribution in [0.4, 0.5) is 0 Å². The molecule has 0 aromatic carbocycles. The quantitative estimate of drug-likeness (QED) is 0.705. The molecule has 0 saturated heterocycles. The van der Waals surface area contributed by atoms with Crippen LogP contribution < -0.4 is 0 Å². The van der Waals surface area contributed by atoms with Crippen LogP contribution in [0.25, 0.3) is 11.3 Å². The topological polar surface area (TPSA) is 25.8 Å². The molecular formula is C13H16N2. The summed E-state index contributed by atoms with van der Waals surface area (Å²) in [4.78, 5) is 8.59. The SMILES string of the molecule is C.Cc1cncc(-c2cccc(C)n2)c1. The number of pyridine rings is 2. The molecule has 0 fully saturated rings. The summed E-state index contributed by atoms with van der Waals surface area (Å²) in [6, 6.07) is 8.10. The highest BCUT2D eigenvalue weighted by Gasteiger charge is 1.99. The Hall–Kier alpha value is -1.70. The van der Waals surface area contributed by atoms with E-state index in [1.54, 1.807) is 0 Å². The van der Waals surface area contributed by atoms with Crippen LogP contribution in [0.2, 0.25) is 0 Å². The van der Waals surface area contributed by atoms with Crippen LogP contribution in [0, 0.1) is 13.8 Å². The van der Waals surface area contributed by atoms with Gasteiger partial charge in [0.25, 0.3) is 0 Å². The maximum atomic E-state index is 4.44. The van der Waals surface area contributed by atoms with E-state index in [0.29, 0.717) is 0 Å². The molecule has 0 amide bonds. The predicted octanol–water partition coefficient (Wildman–Crippen LogP) is 3.40. The lowest BCUT2D eigenvalue weighted by Gasteiger charge is -2.01. The Morgan fingerprint density at radius 1 is 1.07 bits per heavy atom. The van der Waals surface area contributed by atoms with Crippen LogP contribution in [0.1, 0.15) is 18.7 Å². The third-order valence-electron chi connectivity index (χ3n) is 2.06. The molecule has 2 aromatic rings. The van der Waals surface area contributed by atoms with Crippen molar-refractivity contribution in [3.8, 4) is 11.3 Å². The summed E-state index contributed by atoms with van der Waals surface area (Å²) in [5.41, 5.74) is 4.25. The van der Waals surface area contributed by atoms with E-state index in [9.17, 15) is 0 Å². The summed E-state index contributed by atoms with van der Waals surface area (Å²) in [6.07, 6.45) is 3.69. The Kier molecular flexibility index (Phi) is 3.56.